The van der Waals surface area contributed by atoms with Crippen molar-refractivity contribution in [1.29, 1.82) is 0 Å². The Balaban J connectivity index is 0.922. The van der Waals surface area contributed by atoms with Crippen molar-refractivity contribution in [2.45, 2.75) is 126 Å². The Morgan fingerprint density at radius 3 is 2.16 bits per heavy atom. The van der Waals surface area contributed by atoms with Gasteiger partial charge in [-0.1, -0.05) is 102 Å². The number of ether oxygens (including phenoxy) is 1. The van der Waals surface area contributed by atoms with E-state index in [9.17, 15) is 38.4 Å². The van der Waals surface area contributed by atoms with Crippen molar-refractivity contribution in [3.05, 3.63) is 59.7 Å². The van der Waals surface area contributed by atoms with E-state index in [1.54, 1.807) is 38.1 Å². The standard InChI is InChI=1S/C44H62N2O9S/c1-28-24-36-42(50,39(28)49)26-30(27-47)25-33-38-41(3,4)44(38,52)40(29(2)43(33,36)51)55-37(48)22-14-12-10-8-7-9-11-13-15-23-45-56(53,54)35-21-17-18-31-32(35)19-16-20-34(31)46(5)6/h16-21,24-25,29,33,36,38,40,45,47,50-52H,7-15,22-23,26-27H2,1-6H3/t29-,33+,36-,38?,40-,42-,43-,44?/m1/s1. The van der Waals surface area contributed by atoms with Crippen LogP contribution in [0, 0.1) is 29.1 Å². The molecule has 0 bridgehead atoms. The number of nitrogens with one attached hydrogen (secondary N) is 1. The first-order valence-electron chi connectivity index (χ1n) is 20.5. The number of ketones is 1. The molecule has 0 heterocycles. The van der Waals surface area contributed by atoms with Crippen molar-refractivity contribution in [1.82, 2.24) is 4.72 Å². The smallest absolute Gasteiger partial charge is 0.306 e. The monoisotopic (exact) mass is 794 g/mol. The van der Waals surface area contributed by atoms with Gasteiger partial charge in [-0.25, -0.2) is 13.1 Å². The SMILES string of the molecule is CC1=C[C@H]2[C@@]3(O)[C@H](C)[C@@H](OC(=O)CCCCCCCCCCCNS(=O)(=O)c4cccc5c(N(C)C)cccc45)C4(O)C([C@@H]3C=C(CO)C[C@]2(O)C1=O)C4(C)C. The zero-order valence-electron chi connectivity index (χ0n) is 33.9. The van der Waals surface area contributed by atoms with Crippen LogP contribution < -0.4 is 9.62 Å². The van der Waals surface area contributed by atoms with Crippen molar-refractivity contribution >= 4 is 38.2 Å². The number of esters is 1. The highest BCUT2D eigenvalue weighted by Crippen LogP contribution is 2.75. The number of benzene rings is 2. The number of hydrogen-bond acceptors (Lipinski definition) is 10. The first kappa shape index (κ1) is 42.5. The van der Waals surface area contributed by atoms with Crippen LogP contribution >= 0.6 is 0 Å². The molecule has 0 aliphatic heterocycles. The number of unbranched alkanes of at least 4 members (excludes halogenated alkanes) is 8. The Kier molecular flexibility index (Phi) is 12.1. The summed E-state index contributed by atoms with van der Waals surface area (Å²) in [6, 6.07) is 11.1. The van der Waals surface area contributed by atoms with Crippen LogP contribution in [-0.4, -0.2) is 90.8 Å². The molecule has 6 rings (SSSR count). The number of rotatable bonds is 17. The Bertz CT molecular complexity index is 1990. The minimum absolute atomic E-state index is 0.113. The molecule has 4 aliphatic rings. The number of carbonyl (C=O) groups is 2. The van der Waals surface area contributed by atoms with Gasteiger partial charge in [-0.3, -0.25) is 9.59 Å². The molecule has 12 heteroatoms. The van der Waals surface area contributed by atoms with E-state index in [0.29, 0.717) is 34.4 Å². The molecule has 2 saturated carbocycles. The molecule has 2 unspecified atom stereocenters. The average molecular weight is 795 g/mol. The molecule has 5 N–H and O–H groups in total. The molecule has 56 heavy (non-hydrogen) atoms. The van der Waals surface area contributed by atoms with E-state index in [1.165, 1.54) is 0 Å². The molecule has 2 aromatic carbocycles. The van der Waals surface area contributed by atoms with Gasteiger partial charge in [-0.15, -0.1) is 0 Å². The van der Waals surface area contributed by atoms with Crippen molar-refractivity contribution in [3.8, 4) is 0 Å². The lowest BCUT2D eigenvalue weighted by atomic mass is 9.59. The van der Waals surface area contributed by atoms with Crippen LogP contribution in [0.2, 0.25) is 0 Å². The molecule has 2 aromatic rings. The normalized spacial score (nSPS) is 31.8. The van der Waals surface area contributed by atoms with Crippen molar-refractivity contribution in [3.63, 3.8) is 0 Å². The zero-order valence-corrected chi connectivity index (χ0v) is 34.7. The minimum Gasteiger partial charge on any atom is -0.459 e. The fourth-order valence-corrected chi connectivity index (χ4v) is 11.9. The maximum Gasteiger partial charge on any atom is 0.306 e. The van der Waals surface area contributed by atoms with Gasteiger partial charge in [0.15, 0.2) is 5.78 Å². The quantitative estimate of drug-likeness (QED) is 0.0773. The summed E-state index contributed by atoms with van der Waals surface area (Å²) in [6.45, 7) is 7.11. The third kappa shape index (κ3) is 7.17. The lowest BCUT2D eigenvalue weighted by Gasteiger charge is -2.52. The molecule has 0 amide bonds. The van der Waals surface area contributed by atoms with Gasteiger partial charge in [0.2, 0.25) is 10.0 Å². The van der Waals surface area contributed by atoms with Gasteiger partial charge in [0.25, 0.3) is 0 Å². The zero-order chi connectivity index (χ0) is 40.8. The molecule has 0 aromatic heterocycles. The van der Waals surface area contributed by atoms with Gasteiger partial charge in [0.1, 0.15) is 17.3 Å². The molecule has 11 nitrogen and oxygen atoms in total. The van der Waals surface area contributed by atoms with Crippen molar-refractivity contribution in [2.24, 2.45) is 29.1 Å². The van der Waals surface area contributed by atoms with E-state index < -0.39 is 73.8 Å². The summed E-state index contributed by atoms with van der Waals surface area (Å²) in [4.78, 5) is 28.8. The predicted molar refractivity (Wildman–Crippen MR) is 216 cm³/mol. The van der Waals surface area contributed by atoms with E-state index >= 15 is 0 Å². The minimum atomic E-state index is -3.64. The number of carbonyl (C=O) groups excluding carboxylic acids is 2. The molecular weight excluding hydrogens is 733 g/mol. The summed E-state index contributed by atoms with van der Waals surface area (Å²) in [5.41, 5.74) is -4.04. The van der Waals surface area contributed by atoms with E-state index in [2.05, 4.69) is 4.72 Å². The fourth-order valence-electron chi connectivity index (χ4n) is 10.6. The van der Waals surface area contributed by atoms with Crippen LogP contribution in [-0.2, 0) is 24.3 Å². The molecule has 8 atom stereocenters. The van der Waals surface area contributed by atoms with Gasteiger partial charge in [0.05, 0.1) is 17.1 Å². The summed E-state index contributed by atoms with van der Waals surface area (Å²) in [7, 11) is 0.239. The maximum absolute atomic E-state index is 13.3. The largest absolute Gasteiger partial charge is 0.459 e. The Labute approximate surface area is 332 Å². The second-order valence-corrected chi connectivity index (χ2v) is 19.5. The highest BCUT2D eigenvalue weighted by Gasteiger charge is 2.85. The van der Waals surface area contributed by atoms with Crippen LogP contribution in [0.25, 0.3) is 10.8 Å². The number of aliphatic hydroxyl groups is 4. The summed E-state index contributed by atoms with van der Waals surface area (Å²) in [6.07, 6.45) is 10.7. The number of hydrogen-bond donors (Lipinski definition) is 5. The molecule has 0 saturated heterocycles. The van der Waals surface area contributed by atoms with Gasteiger partial charge in [-0.2, -0.15) is 0 Å². The van der Waals surface area contributed by atoms with E-state index in [4.69, 9.17) is 4.74 Å². The highest BCUT2D eigenvalue weighted by atomic mass is 32.2. The number of Topliss-reactive ketones (excluding diaryl/α,β-unsaturated/α-hetero) is 1. The molecule has 0 spiro atoms. The van der Waals surface area contributed by atoms with Crippen LogP contribution in [0.5, 0.6) is 0 Å². The number of aliphatic hydroxyl groups excluding tert-OH is 1. The summed E-state index contributed by atoms with van der Waals surface area (Å²) >= 11 is 0. The lowest BCUT2D eigenvalue weighted by Crippen LogP contribution is -2.65. The van der Waals surface area contributed by atoms with Gasteiger partial charge in [-0.05, 0) is 43.0 Å². The van der Waals surface area contributed by atoms with E-state index in [1.807, 2.05) is 57.1 Å². The molecular formula is C44H62N2O9S. The third-order valence-corrected chi connectivity index (χ3v) is 15.3. The van der Waals surface area contributed by atoms with E-state index in [-0.39, 0.29) is 19.4 Å². The summed E-state index contributed by atoms with van der Waals surface area (Å²) in [5.74, 6) is -3.92. The first-order valence-corrected chi connectivity index (χ1v) is 21.9. The topological polar surface area (TPSA) is 174 Å². The molecule has 0 radical (unpaired) electrons. The number of anilines is 1. The molecule has 4 aliphatic carbocycles. The first-order chi connectivity index (χ1) is 26.4. The Hall–Kier alpha value is -3.13. The molecule has 308 valence electrons. The van der Waals surface area contributed by atoms with Gasteiger partial charge >= 0.3 is 5.97 Å². The maximum atomic E-state index is 13.3. The Morgan fingerprint density at radius 2 is 1.52 bits per heavy atom. The van der Waals surface area contributed by atoms with Crippen LogP contribution in [0.3, 0.4) is 0 Å². The highest BCUT2D eigenvalue weighted by molar-refractivity contribution is 7.89. The van der Waals surface area contributed by atoms with Crippen LogP contribution in [0.1, 0.15) is 98.3 Å². The Morgan fingerprint density at radius 1 is 0.911 bits per heavy atom. The molecule has 2 fully saturated rings. The third-order valence-electron chi connectivity index (χ3n) is 13.7. The number of fused-ring (bicyclic) bond motifs is 6. The van der Waals surface area contributed by atoms with Crippen LogP contribution in [0.15, 0.2) is 64.6 Å². The second kappa shape index (κ2) is 15.9. The van der Waals surface area contributed by atoms with Gasteiger partial charge in [0, 0.05) is 79.0 Å². The fraction of sp³-hybridized carbons (Fsp3) is 0.636. The second-order valence-electron chi connectivity index (χ2n) is 17.7. The van der Waals surface area contributed by atoms with Crippen LogP contribution in [0.4, 0.5) is 5.69 Å². The van der Waals surface area contributed by atoms with E-state index in [0.717, 1.165) is 62.4 Å². The lowest BCUT2D eigenvalue weighted by molar-refractivity contribution is -0.221. The van der Waals surface area contributed by atoms with Crippen molar-refractivity contribution in [2.75, 3.05) is 32.1 Å². The number of nitrogens with zero attached hydrogens (tertiary/aromatic N) is 1. The summed E-state index contributed by atoms with van der Waals surface area (Å²) in [5, 5.41) is 48.3. The summed E-state index contributed by atoms with van der Waals surface area (Å²) < 4.78 is 35.2. The van der Waals surface area contributed by atoms with Gasteiger partial charge < -0.3 is 30.1 Å². The van der Waals surface area contributed by atoms with Crippen molar-refractivity contribution < 1.29 is 43.2 Å². The predicted octanol–water partition coefficient (Wildman–Crippen LogP) is 5.58. The average Bonchev–Trinajstić information content (AvgIpc) is 3.55. The number of sulfonamides is 1.